The van der Waals surface area contributed by atoms with Gasteiger partial charge >= 0.3 is 0 Å². The lowest BCUT2D eigenvalue weighted by Gasteiger charge is -2.09. The van der Waals surface area contributed by atoms with Crippen LogP contribution < -0.4 is 5.32 Å². The van der Waals surface area contributed by atoms with Crippen molar-refractivity contribution in [2.75, 3.05) is 6.54 Å². The largest absolute Gasteiger partial charge is 0.392 e. The van der Waals surface area contributed by atoms with Gasteiger partial charge in [0.2, 0.25) is 0 Å². The molecule has 1 aliphatic carbocycles. The molecule has 1 fully saturated rings. The lowest BCUT2D eigenvalue weighted by atomic mass is 10.2. The number of hydrogen-bond donors (Lipinski definition) is 2. The van der Waals surface area contributed by atoms with Gasteiger partial charge in [0.05, 0.1) is 11.8 Å². The molecule has 0 saturated heterocycles. The van der Waals surface area contributed by atoms with Crippen molar-refractivity contribution >= 4 is 0 Å². The van der Waals surface area contributed by atoms with Crippen LogP contribution in [0.25, 0.3) is 0 Å². The second kappa shape index (κ2) is 4.53. The van der Waals surface area contributed by atoms with Gasteiger partial charge in [0.25, 0.3) is 0 Å². The molecule has 0 aliphatic heterocycles. The summed E-state index contributed by atoms with van der Waals surface area (Å²) >= 11 is 0. The minimum absolute atomic E-state index is 0.168. The number of aromatic nitrogens is 1. The van der Waals surface area contributed by atoms with Crippen molar-refractivity contribution < 1.29 is 5.11 Å². The lowest BCUT2D eigenvalue weighted by Crippen LogP contribution is -2.28. The zero-order chi connectivity index (χ0) is 9.80. The van der Waals surface area contributed by atoms with Gasteiger partial charge in [-0.2, -0.15) is 0 Å². The summed E-state index contributed by atoms with van der Waals surface area (Å²) in [4.78, 5) is 4.19. The third-order valence-electron chi connectivity index (χ3n) is 2.55. The number of rotatable bonds is 5. The van der Waals surface area contributed by atoms with Crippen LogP contribution in [-0.4, -0.2) is 22.7 Å². The summed E-state index contributed by atoms with van der Waals surface area (Å²) in [5, 5.41) is 12.8. The van der Waals surface area contributed by atoms with Crippen molar-refractivity contribution in [3.05, 3.63) is 30.1 Å². The van der Waals surface area contributed by atoms with Crippen molar-refractivity contribution in [1.29, 1.82) is 0 Å². The van der Waals surface area contributed by atoms with E-state index in [2.05, 4.69) is 10.3 Å². The molecule has 3 heteroatoms. The first-order valence-electron chi connectivity index (χ1n) is 5.15. The van der Waals surface area contributed by atoms with E-state index in [1.54, 1.807) is 6.20 Å². The van der Waals surface area contributed by atoms with Crippen molar-refractivity contribution in [3.8, 4) is 0 Å². The molecular weight excluding hydrogens is 176 g/mol. The van der Waals surface area contributed by atoms with Gasteiger partial charge in [0.1, 0.15) is 0 Å². The van der Waals surface area contributed by atoms with E-state index in [0.29, 0.717) is 12.5 Å². The Labute approximate surface area is 84.2 Å². The Morgan fingerprint density at radius 3 is 3.00 bits per heavy atom. The van der Waals surface area contributed by atoms with E-state index in [0.717, 1.165) is 12.2 Å². The molecule has 0 radical (unpaired) electrons. The van der Waals surface area contributed by atoms with Gasteiger partial charge in [-0.1, -0.05) is 6.07 Å². The van der Waals surface area contributed by atoms with Crippen molar-refractivity contribution in [1.82, 2.24) is 10.3 Å². The molecule has 1 saturated carbocycles. The van der Waals surface area contributed by atoms with E-state index < -0.39 is 0 Å². The number of hydrogen-bond acceptors (Lipinski definition) is 3. The summed E-state index contributed by atoms with van der Waals surface area (Å²) in [6.45, 7) is 1.42. The quantitative estimate of drug-likeness (QED) is 0.730. The molecule has 1 unspecified atom stereocenters. The summed E-state index contributed by atoms with van der Waals surface area (Å²) < 4.78 is 0. The molecule has 1 aromatic rings. The van der Waals surface area contributed by atoms with Crippen LogP contribution in [0.2, 0.25) is 0 Å². The monoisotopic (exact) mass is 192 g/mol. The topological polar surface area (TPSA) is 45.1 Å². The van der Waals surface area contributed by atoms with Gasteiger partial charge in [0.15, 0.2) is 0 Å². The summed E-state index contributed by atoms with van der Waals surface area (Å²) in [5.41, 5.74) is 1.02. The minimum Gasteiger partial charge on any atom is -0.392 e. The molecule has 1 heterocycles. The highest BCUT2D eigenvalue weighted by Crippen LogP contribution is 2.32. The Bertz CT molecular complexity index is 272. The van der Waals surface area contributed by atoms with Gasteiger partial charge in [-0.25, -0.2) is 0 Å². The van der Waals surface area contributed by atoms with Crippen molar-refractivity contribution in [3.63, 3.8) is 0 Å². The standard InChI is InChI=1S/C11H16N2O/c14-11(9-4-5-9)8-12-7-10-3-1-2-6-13-10/h1-3,6,9,11-12,14H,4-5,7-8H2. The SMILES string of the molecule is OC(CNCc1ccccn1)C1CC1. The third kappa shape index (κ3) is 2.79. The summed E-state index contributed by atoms with van der Waals surface area (Å²) in [6, 6.07) is 5.86. The average Bonchev–Trinajstić information content (AvgIpc) is 3.02. The van der Waals surface area contributed by atoms with Crippen LogP contribution >= 0.6 is 0 Å². The number of aliphatic hydroxyl groups is 1. The lowest BCUT2D eigenvalue weighted by molar-refractivity contribution is 0.148. The Morgan fingerprint density at radius 2 is 2.36 bits per heavy atom. The Hall–Kier alpha value is -0.930. The smallest absolute Gasteiger partial charge is 0.0692 e. The fourth-order valence-corrected chi connectivity index (χ4v) is 1.50. The van der Waals surface area contributed by atoms with E-state index in [9.17, 15) is 5.11 Å². The summed E-state index contributed by atoms with van der Waals surface area (Å²) in [7, 11) is 0. The maximum Gasteiger partial charge on any atom is 0.0692 e. The van der Waals surface area contributed by atoms with Gasteiger partial charge in [0, 0.05) is 19.3 Å². The fourth-order valence-electron chi connectivity index (χ4n) is 1.50. The zero-order valence-electron chi connectivity index (χ0n) is 8.19. The highest BCUT2D eigenvalue weighted by molar-refractivity contribution is 5.02. The minimum atomic E-state index is -0.168. The van der Waals surface area contributed by atoms with Crippen LogP contribution in [0.3, 0.4) is 0 Å². The van der Waals surface area contributed by atoms with Crippen LogP contribution in [0.1, 0.15) is 18.5 Å². The van der Waals surface area contributed by atoms with Crippen LogP contribution in [0.4, 0.5) is 0 Å². The van der Waals surface area contributed by atoms with Crippen molar-refractivity contribution in [2.24, 2.45) is 5.92 Å². The van der Waals surface area contributed by atoms with E-state index in [1.807, 2.05) is 18.2 Å². The van der Waals surface area contributed by atoms with Crippen LogP contribution in [0, 0.1) is 5.92 Å². The third-order valence-corrected chi connectivity index (χ3v) is 2.55. The number of nitrogens with one attached hydrogen (secondary N) is 1. The molecule has 1 aliphatic rings. The zero-order valence-corrected chi connectivity index (χ0v) is 8.19. The van der Waals surface area contributed by atoms with Gasteiger partial charge < -0.3 is 10.4 Å². The summed E-state index contributed by atoms with van der Waals surface area (Å²) in [5.74, 6) is 0.547. The van der Waals surface area contributed by atoms with E-state index >= 15 is 0 Å². The van der Waals surface area contributed by atoms with Gasteiger partial charge in [-0.3, -0.25) is 4.98 Å². The number of nitrogens with zero attached hydrogens (tertiary/aromatic N) is 1. The molecule has 2 rings (SSSR count). The number of aliphatic hydroxyl groups excluding tert-OH is 1. The van der Waals surface area contributed by atoms with Crippen LogP contribution in [-0.2, 0) is 6.54 Å². The van der Waals surface area contributed by atoms with E-state index in [4.69, 9.17) is 0 Å². The predicted octanol–water partition coefficient (Wildman–Crippen LogP) is 0.942. The first-order valence-corrected chi connectivity index (χ1v) is 5.15. The molecule has 3 nitrogen and oxygen atoms in total. The molecular formula is C11H16N2O. The molecule has 0 aromatic carbocycles. The maximum absolute atomic E-state index is 9.58. The van der Waals surface area contributed by atoms with Crippen LogP contribution in [0.15, 0.2) is 24.4 Å². The average molecular weight is 192 g/mol. The first kappa shape index (κ1) is 9.62. The Morgan fingerprint density at radius 1 is 1.50 bits per heavy atom. The molecule has 76 valence electrons. The Balaban J connectivity index is 1.67. The van der Waals surface area contributed by atoms with Crippen LogP contribution in [0.5, 0.6) is 0 Å². The predicted molar refractivity (Wildman–Crippen MR) is 54.7 cm³/mol. The molecule has 0 spiro atoms. The Kier molecular flexibility index (Phi) is 3.11. The molecule has 14 heavy (non-hydrogen) atoms. The normalized spacial score (nSPS) is 18.1. The summed E-state index contributed by atoms with van der Waals surface area (Å²) in [6.07, 6.45) is 3.99. The number of pyridine rings is 1. The molecule has 0 bridgehead atoms. The highest BCUT2D eigenvalue weighted by atomic mass is 16.3. The molecule has 1 atom stereocenters. The first-order chi connectivity index (χ1) is 6.86. The van der Waals surface area contributed by atoms with Gasteiger partial charge in [-0.15, -0.1) is 0 Å². The highest BCUT2D eigenvalue weighted by Gasteiger charge is 2.28. The molecule has 0 amide bonds. The molecule has 1 aromatic heterocycles. The van der Waals surface area contributed by atoms with Gasteiger partial charge in [-0.05, 0) is 30.9 Å². The van der Waals surface area contributed by atoms with Crippen molar-refractivity contribution in [2.45, 2.75) is 25.5 Å². The maximum atomic E-state index is 9.58. The van der Waals surface area contributed by atoms with E-state index in [-0.39, 0.29) is 6.10 Å². The molecule has 2 N–H and O–H groups in total. The van der Waals surface area contributed by atoms with E-state index in [1.165, 1.54) is 12.8 Å². The second-order valence-corrected chi connectivity index (χ2v) is 3.86. The second-order valence-electron chi connectivity index (χ2n) is 3.86. The fraction of sp³-hybridized carbons (Fsp3) is 0.545.